The number of nitrogens with zero attached hydrogens (tertiary/aromatic N) is 1. The predicted octanol–water partition coefficient (Wildman–Crippen LogP) is 4.25. The van der Waals surface area contributed by atoms with Gasteiger partial charge in [-0.05, 0) is 55.7 Å². The Morgan fingerprint density at radius 2 is 2.05 bits per heavy atom. The Bertz CT molecular complexity index is 452. The van der Waals surface area contributed by atoms with Crippen LogP contribution in [0.3, 0.4) is 0 Å². The summed E-state index contributed by atoms with van der Waals surface area (Å²) < 4.78 is 0. The summed E-state index contributed by atoms with van der Waals surface area (Å²) in [5, 5.41) is 0.818. The van der Waals surface area contributed by atoms with Gasteiger partial charge in [0.05, 0.1) is 0 Å². The summed E-state index contributed by atoms with van der Waals surface area (Å²) in [6.45, 7) is 8.96. The van der Waals surface area contributed by atoms with Crippen molar-refractivity contribution in [3.63, 3.8) is 0 Å². The maximum atomic E-state index is 6.21. The van der Waals surface area contributed by atoms with Gasteiger partial charge in [-0.1, -0.05) is 31.5 Å². The first-order valence-corrected chi connectivity index (χ1v) is 8.16. The summed E-state index contributed by atoms with van der Waals surface area (Å²) in [6, 6.07) is 6.41. The molecular formula is C17H27ClN2. The molecule has 0 aliphatic carbocycles. The van der Waals surface area contributed by atoms with Gasteiger partial charge in [0.25, 0.3) is 0 Å². The number of hydrogen-bond acceptors (Lipinski definition) is 2. The molecule has 0 spiro atoms. The average molecular weight is 295 g/mol. The first-order valence-electron chi connectivity index (χ1n) is 7.78. The fraction of sp³-hybridized carbons (Fsp3) is 0.647. The normalized spacial score (nSPS) is 19.4. The van der Waals surface area contributed by atoms with Gasteiger partial charge in [0.2, 0.25) is 0 Å². The quantitative estimate of drug-likeness (QED) is 0.880. The van der Waals surface area contributed by atoms with E-state index in [2.05, 4.69) is 37.8 Å². The van der Waals surface area contributed by atoms with E-state index in [1.165, 1.54) is 30.5 Å². The van der Waals surface area contributed by atoms with Gasteiger partial charge in [0.15, 0.2) is 0 Å². The lowest BCUT2D eigenvalue weighted by atomic mass is 9.82. The third kappa shape index (κ3) is 3.29. The Morgan fingerprint density at radius 1 is 1.35 bits per heavy atom. The number of halogens is 1. The van der Waals surface area contributed by atoms with E-state index in [1.807, 2.05) is 6.07 Å². The Labute approximate surface area is 128 Å². The lowest BCUT2D eigenvalue weighted by molar-refractivity contribution is 0.301. The summed E-state index contributed by atoms with van der Waals surface area (Å²) >= 11 is 6.21. The van der Waals surface area contributed by atoms with Crippen LogP contribution in [0.2, 0.25) is 5.02 Å². The van der Waals surface area contributed by atoms with E-state index >= 15 is 0 Å². The van der Waals surface area contributed by atoms with Crippen LogP contribution in [0.15, 0.2) is 18.2 Å². The van der Waals surface area contributed by atoms with Gasteiger partial charge in [-0.3, -0.25) is 0 Å². The first kappa shape index (κ1) is 15.7. The van der Waals surface area contributed by atoms with Gasteiger partial charge in [-0.25, -0.2) is 0 Å². The van der Waals surface area contributed by atoms with Gasteiger partial charge in [0, 0.05) is 29.8 Å². The number of nitrogens with two attached hydrogens (primary N) is 1. The highest BCUT2D eigenvalue weighted by molar-refractivity contribution is 6.30. The fourth-order valence-corrected chi connectivity index (χ4v) is 3.49. The lowest BCUT2D eigenvalue weighted by Gasteiger charge is -2.28. The van der Waals surface area contributed by atoms with Crippen LogP contribution < -0.4 is 10.6 Å². The number of anilines is 1. The van der Waals surface area contributed by atoms with Crippen LogP contribution in [0, 0.1) is 5.41 Å². The van der Waals surface area contributed by atoms with Crippen LogP contribution in [0.4, 0.5) is 5.69 Å². The molecule has 0 bridgehead atoms. The van der Waals surface area contributed by atoms with E-state index in [0.29, 0.717) is 5.41 Å². The molecule has 112 valence electrons. The Morgan fingerprint density at radius 3 is 2.60 bits per heavy atom. The van der Waals surface area contributed by atoms with Crippen molar-refractivity contribution < 1.29 is 0 Å². The molecule has 20 heavy (non-hydrogen) atoms. The van der Waals surface area contributed by atoms with Crippen molar-refractivity contribution in [3.05, 3.63) is 28.8 Å². The zero-order chi connectivity index (χ0) is 14.8. The van der Waals surface area contributed by atoms with E-state index in [9.17, 15) is 0 Å². The maximum absolute atomic E-state index is 6.21. The van der Waals surface area contributed by atoms with Crippen molar-refractivity contribution in [2.45, 2.75) is 52.5 Å². The number of hydrogen-bond donors (Lipinski definition) is 1. The molecule has 1 heterocycles. The van der Waals surface area contributed by atoms with E-state index in [4.69, 9.17) is 17.3 Å². The molecule has 1 aromatic carbocycles. The molecule has 1 atom stereocenters. The monoisotopic (exact) mass is 294 g/mol. The highest BCUT2D eigenvalue weighted by Crippen LogP contribution is 2.40. The Hall–Kier alpha value is -0.730. The van der Waals surface area contributed by atoms with Crippen molar-refractivity contribution in [2.24, 2.45) is 11.1 Å². The number of rotatable bonds is 5. The second-order valence-corrected chi connectivity index (χ2v) is 6.77. The summed E-state index contributed by atoms with van der Waals surface area (Å²) in [6.07, 6.45) is 4.70. The van der Waals surface area contributed by atoms with Crippen LogP contribution >= 0.6 is 11.6 Å². The summed E-state index contributed by atoms with van der Waals surface area (Å²) in [5.74, 6) is 0. The van der Waals surface area contributed by atoms with Gasteiger partial charge in [-0.15, -0.1) is 0 Å². The molecule has 2 nitrogen and oxygen atoms in total. The van der Waals surface area contributed by atoms with E-state index < -0.39 is 0 Å². The topological polar surface area (TPSA) is 29.3 Å². The second-order valence-electron chi connectivity index (χ2n) is 6.33. The zero-order valence-corrected chi connectivity index (χ0v) is 13.7. The minimum atomic E-state index is 0.180. The van der Waals surface area contributed by atoms with Crippen LogP contribution in [0.5, 0.6) is 0 Å². The van der Waals surface area contributed by atoms with Crippen molar-refractivity contribution in [1.29, 1.82) is 0 Å². The van der Waals surface area contributed by atoms with Crippen molar-refractivity contribution in [2.75, 3.05) is 18.0 Å². The highest BCUT2D eigenvalue weighted by Gasteiger charge is 2.35. The predicted molar refractivity (Wildman–Crippen MR) is 88.7 cm³/mol. The highest BCUT2D eigenvalue weighted by atomic mass is 35.5. The molecule has 1 aliphatic rings. The van der Waals surface area contributed by atoms with E-state index in [0.717, 1.165) is 24.5 Å². The SMILES string of the molecule is CCC1(CC)CCN(c2cc(Cl)ccc2CC(C)N)C1. The zero-order valence-electron chi connectivity index (χ0n) is 13.0. The van der Waals surface area contributed by atoms with Gasteiger partial charge in [0.1, 0.15) is 0 Å². The van der Waals surface area contributed by atoms with E-state index in [-0.39, 0.29) is 6.04 Å². The molecule has 1 saturated heterocycles. The number of benzene rings is 1. The molecule has 2 rings (SSSR count). The summed E-state index contributed by atoms with van der Waals surface area (Å²) in [5.41, 5.74) is 9.08. The van der Waals surface area contributed by atoms with E-state index in [1.54, 1.807) is 0 Å². The summed E-state index contributed by atoms with van der Waals surface area (Å²) in [4.78, 5) is 2.51. The Balaban J connectivity index is 2.26. The maximum Gasteiger partial charge on any atom is 0.0426 e. The third-order valence-electron chi connectivity index (χ3n) is 4.87. The molecule has 1 unspecified atom stereocenters. The smallest absolute Gasteiger partial charge is 0.0426 e. The van der Waals surface area contributed by atoms with Crippen LogP contribution in [-0.2, 0) is 6.42 Å². The third-order valence-corrected chi connectivity index (χ3v) is 5.10. The van der Waals surface area contributed by atoms with Crippen LogP contribution in [0.25, 0.3) is 0 Å². The molecule has 0 saturated carbocycles. The summed E-state index contributed by atoms with van der Waals surface area (Å²) in [7, 11) is 0. The van der Waals surface area contributed by atoms with Gasteiger partial charge < -0.3 is 10.6 Å². The molecule has 3 heteroatoms. The van der Waals surface area contributed by atoms with Crippen molar-refractivity contribution >= 4 is 17.3 Å². The van der Waals surface area contributed by atoms with Crippen molar-refractivity contribution in [1.82, 2.24) is 0 Å². The molecule has 1 aromatic rings. The average Bonchev–Trinajstić information content (AvgIpc) is 2.85. The fourth-order valence-electron chi connectivity index (χ4n) is 3.32. The van der Waals surface area contributed by atoms with Crippen LogP contribution in [0.1, 0.15) is 45.6 Å². The van der Waals surface area contributed by atoms with Crippen LogP contribution in [-0.4, -0.2) is 19.1 Å². The van der Waals surface area contributed by atoms with Crippen molar-refractivity contribution in [3.8, 4) is 0 Å². The minimum absolute atomic E-state index is 0.180. The molecular weight excluding hydrogens is 268 g/mol. The molecule has 1 fully saturated rings. The second kappa shape index (κ2) is 6.36. The molecule has 0 aromatic heterocycles. The minimum Gasteiger partial charge on any atom is -0.371 e. The van der Waals surface area contributed by atoms with Gasteiger partial charge >= 0.3 is 0 Å². The molecule has 1 aliphatic heterocycles. The van der Waals surface area contributed by atoms with Gasteiger partial charge in [-0.2, -0.15) is 0 Å². The molecule has 0 radical (unpaired) electrons. The standard InChI is InChI=1S/C17H27ClN2/c1-4-17(5-2)8-9-20(12-17)16-11-15(18)7-6-14(16)10-13(3)19/h6-7,11,13H,4-5,8-10,12,19H2,1-3H3. The largest absolute Gasteiger partial charge is 0.371 e. The lowest BCUT2D eigenvalue weighted by Crippen LogP contribution is -2.27. The molecule has 2 N–H and O–H groups in total. The first-order chi connectivity index (χ1) is 9.49. The Kier molecular flexibility index (Phi) is 4.98. The molecule has 0 amide bonds.